The third kappa shape index (κ3) is 2.02. The molecule has 0 aliphatic carbocycles. The predicted molar refractivity (Wildman–Crippen MR) is 64.9 cm³/mol. The first-order valence-electron chi connectivity index (χ1n) is 5.54. The maximum absolute atomic E-state index is 12.2. The number of carbonyl (C=O) groups is 1. The highest BCUT2D eigenvalue weighted by atomic mass is 32.2. The van der Waals surface area contributed by atoms with Crippen LogP contribution in [0.1, 0.15) is 19.4 Å². The Hall–Kier alpha value is -1.40. The Morgan fingerprint density at radius 2 is 1.78 bits per heavy atom. The molecule has 6 heteroatoms. The van der Waals surface area contributed by atoms with Gasteiger partial charge in [0.15, 0.2) is 0 Å². The van der Waals surface area contributed by atoms with Gasteiger partial charge >= 0.3 is 0 Å². The van der Waals surface area contributed by atoms with E-state index in [-0.39, 0.29) is 11.5 Å². The van der Waals surface area contributed by atoms with Gasteiger partial charge in [-0.3, -0.25) is 9.63 Å². The Morgan fingerprint density at radius 1 is 1.22 bits per heavy atom. The van der Waals surface area contributed by atoms with Gasteiger partial charge in [0.2, 0.25) is 0 Å². The Bertz CT molecular complexity index is 575. The van der Waals surface area contributed by atoms with E-state index in [2.05, 4.69) is 0 Å². The number of hydrogen-bond acceptors (Lipinski definition) is 4. The Labute approximate surface area is 106 Å². The van der Waals surface area contributed by atoms with Crippen molar-refractivity contribution in [3.8, 4) is 0 Å². The molecule has 1 amide bonds. The molecule has 18 heavy (non-hydrogen) atoms. The molecule has 1 aromatic carbocycles. The standard InChI is InChI=1S/C12H15NO4S/c1-9-4-6-10(7-5-9)18(15,16)13-11(14)12(2,3)8-17-13/h4-7H,8H2,1-3H3. The third-order valence-electron chi connectivity index (χ3n) is 2.82. The SMILES string of the molecule is Cc1ccc(S(=O)(=O)N2OCC(C)(C)C2=O)cc1. The average Bonchev–Trinajstić information content (AvgIpc) is 2.55. The van der Waals surface area contributed by atoms with Crippen molar-refractivity contribution < 1.29 is 18.0 Å². The minimum Gasteiger partial charge on any atom is -0.271 e. The Morgan fingerprint density at radius 3 is 2.22 bits per heavy atom. The summed E-state index contributed by atoms with van der Waals surface area (Å²) in [7, 11) is -3.91. The first kappa shape index (κ1) is 13.0. The molecule has 0 saturated carbocycles. The summed E-state index contributed by atoms with van der Waals surface area (Å²) >= 11 is 0. The van der Waals surface area contributed by atoms with Crippen LogP contribution in [0.5, 0.6) is 0 Å². The van der Waals surface area contributed by atoms with Crippen molar-refractivity contribution >= 4 is 15.9 Å². The number of aryl methyl sites for hydroxylation is 1. The fourth-order valence-corrected chi connectivity index (χ4v) is 2.90. The first-order chi connectivity index (χ1) is 8.25. The second kappa shape index (κ2) is 4.07. The van der Waals surface area contributed by atoms with Crippen LogP contribution >= 0.6 is 0 Å². The molecule has 1 aliphatic heterocycles. The molecular formula is C12H15NO4S. The number of amides is 1. The van der Waals surface area contributed by atoms with E-state index in [0.29, 0.717) is 4.47 Å². The summed E-state index contributed by atoms with van der Waals surface area (Å²) in [6, 6.07) is 6.29. The van der Waals surface area contributed by atoms with E-state index in [1.165, 1.54) is 12.1 Å². The summed E-state index contributed by atoms with van der Waals surface area (Å²) in [6.45, 7) is 5.23. The van der Waals surface area contributed by atoms with Crippen LogP contribution in [0.2, 0.25) is 0 Å². The highest BCUT2D eigenvalue weighted by Gasteiger charge is 2.46. The van der Waals surface area contributed by atoms with Gasteiger partial charge in [-0.05, 0) is 32.9 Å². The van der Waals surface area contributed by atoms with Crippen LogP contribution in [-0.4, -0.2) is 25.4 Å². The lowest BCUT2D eigenvalue weighted by molar-refractivity contribution is -0.142. The number of hydrogen-bond donors (Lipinski definition) is 0. The molecule has 98 valence electrons. The summed E-state index contributed by atoms with van der Waals surface area (Å²) in [5.74, 6) is -0.539. The normalized spacial score (nSPS) is 19.3. The zero-order valence-electron chi connectivity index (χ0n) is 10.5. The van der Waals surface area contributed by atoms with Crippen molar-refractivity contribution in [1.82, 2.24) is 4.47 Å². The highest BCUT2D eigenvalue weighted by molar-refractivity contribution is 7.89. The summed E-state index contributed by atoms with van der Waals surface area (Å²) in [4.78, 5) is 17.0. The third-order valence-corrected chi connectivity index (χ3v) is 4.40. The fraction of sp³-hybridized carbons (Fsp3) is 0.417. The number of carbonyl (C=O) groups excluding carboxylic acids is 1. The lowest BCUT2D eigenvalue weighted by Gasteiger charge is -2.16. The van der Waals surface area contributed by atoms with E-state index in [9.17, 15) is 13.2 Å². The van der Waals surface area contributed by atoms with Gasteiger partial charge in [0.25, 0.3) is 15.9 Å². The number of hydroxylamine groups is 1. The number of rotatable bonds is 2. The van der Waals surface area contributed by atoms with Crippen LogP contribution in [0.15, 0.2) is 29.2 Å². The van der Waals surface area contributed by atoms with E-state index >= 15 is 0 Å². The average molecular weight is 269 g/mol. The van der Waals surface area contributed by atoms with E-state index in [1.807, 2.05) is 6.92 Å². The van der Waals surface area contributed by atoms with Crippen molar-refractivity contribution in [3.05, 3.63) is 29.8 Å². The molecule has 0 atom stereocenters. The van der Waals surface area contributed by atoms with Gasteiger partial charge in [-0.2, -0.15) is 8.42 Å². The molecular weight excluding hydrogens is 254 g/mol. The van der Waals surface area contributed by atoms with Crippen LogP contribution in [0.3, 0.4) is 0 Å². The molecule has 1 aromatic rings. The monoisotopic (exact) mass is 269 g/mol. The molecule has 2 rings (SSSR count). The van der Waals surface area contributed by atoms with Gasteiger partial charge in [0.05, 0.1) is 16.9 Å². The van der Waals surface area contributed by atoms with Crippen LogP contribution < -0.4 is 0 Å². The Kier molecular flexibility index (Phi) is 2.95. The maximum Gasteiger partial charge on any atom is 0.289 e. The van der Waals surface area contributed by atoms with Crippen molar-refractivity contribution in [2.45, 2.75) is 25.7 Å². The molecule has 0 bridgehead atoms. The van der Waals surface area contributed by atoms with Gasteiger partial charge < -0.3 is 0 Å². The van der Waals surface area contributed by atoms with Crippen molar-refractivity contribution in [2.75, 3.05) is 6.61 Å². The van der Waals surface area contributed by atoms with Gasteiger partial charge in [0.1, 0.15) is 0 Å². The second-order valence-electron chi connectivity index (χ2n) is 5.01. The molecule has 1 heterocycles. The van der Waals surface area contributed by atoms with Gasteiger partial charge in [-0.15, -0.1) is 4.47 Å². The van der Waals surface area contributed by atoms with Crippen LogP contribution in [0.25, 0.3) is 0 Å². The topological polar surface area (TPSA) is 63.7 Å². The molecule has 0 spiro atoms. The summed E-state index contributed by atoms with van der Waals surface area (Å²) < 4.78 is 24.9. The lowest BCUT2D eigenvalue weighted by atomic mass is 9.95. The molecule has 0 radical (unpaired) electrons. The van der Waals surface area contributed by atoms with Gasteiger partial charge in [-0.1, -0.05) is 17.7 Å². The number of benzene rings is 1. The number of sulfonamides is 1. The summed E-state index contributed by atoms with van der Waals surface area (Å²) in [6.07, 6.45) is 0. The zero-order valence-corrected chi connectivity index (χ0v) is 11.3. The van der Waals surface area contributed by atoms with Crippen LogP contribution in [-0.2, 0) is 19.7 Å². The largest absolute Gasteiger partial charge is 0.289 e. The summed E-state index contributed by atoms with van der Waals surface area (Å²) in [5, 5.41) is 0. The summed E-state index contributed by atoms with van der Waals surface area (Å²) in [5.41, 5.74) is 0.139. The van der Waals surface area contributed by atoms with E-state index < -0.39 is 21.3 Å². The minimum absolute atomic E-state index is 0.0548. The van der Waals surface area contributed by atoms with E-state index in [0.717, 1.165) is 5.56 Å². The molecule has 1 fully saturated rings. The highest BCUT2D eigenvalue weighted by Crippen LogP contribution is 2.31. The molecule has 0 N–H and O–H groups in total. The first-order valence-corrected chi connectivity index (χ1v) is 6.98. The quantitative estimate of drug-likeness (QED) is 0.816. The van der Waals surface area contributed by atoms with E-state index in [4.69, 9.17) is 4.84 Å². The van der Waals surface area contributed by atoms with Crippen molar-refractivity contribution in [1.29, 1.82) is 0 Å². The van der Waals surface area contributed by atoms with Gasteiger partial charge in [0, 0.05) is 0 Å². The number of nitrogens with zero attached hydrogens (tertiary/aromatic N) is 1. The molecule has 0 unspecified atom stereocenters. The lowest BCUT2D eigenvalue weighted by Crippen LogP contribution is -2.35. The van der Waals surface area contributed by atoms with Crippen LogP contribution in [0.4, 0.5) is 0 Å². The zero-order chi connectivity index (χ0) is 13.6. The minimum atomic E-state index is -3.91. The molecule has 1 saturated heterocycles. The molecule has 1 aliphatic rings. The van der Waals surface area contributed by atoms with Crippen LogP contribution in [0, 0.1) is 12.3 Å². The Balaban J connectivity index is 2.39. The van der Waals surface area contributed by atoms with Crippen molar-refractivity contribution in [2.24, 2.45) is 5.41 Å². The second-order valence-corrected chi connectivity index (χ2v) is 6.76. The predicted octanol–water partition coefficient (Wildman–Crippen LogP) is 1.48. The van der Waals surface area contributed by atoms with E-state index in [1.54, 1.807) is 26.0 Å². The van der Waals surface area contributed by atoms with Gasteiger partial charge in [-0.25, -0.2) is 0 Å². The van der Waals surface area contributed by atoms with Crippen molar-refractivity contribution in [3.63, 3.8) is 0 Å². The smallest absolute Gasteiger partial charge is 0.271 e. The fourth-order valence-electron chi connectivity index (χ4n) is 1.57. The maximum atomic E-state index is 12.2. The molecule has 5 nitrogen and oxygen atoms in total. The molecule has 0 aromatic heterocycles.